The van der Waals surface area contributed by atoms with Crippen LogP contribution in [0.5, 0.6) is 0 Å². The average molecular weight is 284 g/mol. The largest absolute Gasteiger partial charge is 0.377 e. The summed E-state index contributed by atoms with van der Waals surface area (Å²) in [6.07, 6.45) is 0.301. The van der Waals surface area contributed by atoms with Gasteiger partial charge >= 0.3 is 0 Å². The maximum Gasteiger partial charge on any atom is 0.0985 e. The number of rotatable bonds is 6. The number of nitrogens with zero attached hydrogens (tertiary/aromatic N) is 1. The van der Waals surface area contributed by atoms with Crippen molar-refractivity contribution in [3.05, 3.63) is 15.6 Å². The third-order valence-electron chi connectivity index (χ3n) is 2.87. The molecule has 0 aliphatic heterocycles. The Kier molecular flexibility index (Phi) is 5.96. The number of hydrogen-bond donors (Lipinski definition) is 1. The van der Waals surface area contributed by atoms with Crippen LogP contribution in [0.3, 0.4) is 0 Å². The fourth-order valence-electron chi connectivity index (χ4n) is 1.79. The summed E-state index contributed by atoms with van der Waals surface area (Å²) >= 11 is 1.82. The van der Waals surface area contributed by atoms with Crippen LogP contribution in [0, 0.1) is 6.92 Å². The minimum absolute atomic E-state index is 0.133. The molecule has 0 saturated carbocycles. The lowest BCUT2D eigenvalue weighted by atomic mass is 9.98. The standard InChI is InChI=1S/C15H28N2OS/c1-10(2)18-9-8-16-11(3)13-12(4)17-14(19-13)15(5,6)7/h10-11,16H,8-9H2,1-7H3. The molecule has 0 radical (unpaired) electrons. The van der Waals surface area contributed by atoms with E-state index in [1.165, 1.54) is 9.88 Å². The molecule has 1 atom stereocenters. The van der Waals surface area contributed by atoms with E-state index >= 15 is 0 Å². The van der Waals surface area contributed by atoms with Crippen molar-refractivity contribution in [3.63, 3.8) is 0 Å². The van der Waals surface area contributed by atoms with Gasteiger partial charge in [0.05, 0.1) is 23.4 Å². The van der Waals surface area contributed by atoms with E-state index in [1.807, 2.05) is 11.3 Å². The van der Waals surface area contributed by atoms with Crippen LogP contribution >= 0.6 is 11.3 Å². The summed E-state index contributed by atoms with van der Waals surface area (Å²) in [6.45, 7) is 16.7. The van der Waals surface area contributed by atoms with Crippen molar-refractivity contribution < 1.29 is 4.74 Å². The lowest BCUT2D eigenvalue weighted by molar-refractivity contribution is 0.0796. The van der Waals surface area contributed by atoms with Crippen LogP contribution in [-0.4, -0.2) is 24.2 Å². The Morgan fingerprint density at radius 2 is 1.89 bits per heavy atom. The van der Waals surface area contributed by atoms with Crippen molar-refractivity contribution in [2.45, 2.75) is 66.0 Å². The maximum atomic E-state index is 5.54. The summed E-state index contributed by atoms with van der Waals surface area (Å²) < 4.78 is 5.54. The smallest absolute Gasteiger partial charge is 0.0985 e. The Bertz CT molecular complexity index is 393. The molecule has 0 aliphatic rings. The van der Waals surface area contributed by atoms with Crippen molar-refractivity contribution in [3.8, 4) is 0 Å². The van der Waals surface area contributed by atoms with Crippen molar-refractivity contribution >= 4 is 11.3 Å². The highest BCUT2D eigenvalue weighted by Gasteiger charge is 2.22. The first-order valence-corrected chi connectivity index (χ1v) is 7.86. The van der Waals surface area contributed by atoms with E-state index in [2.05, 4.69) is 53.8 Å². The van der Waals surface area contributed by atoms with Crippen LogP contribution in [0.25, 0.3) is 0 Å². The predicted molar refractivity (Wildman–Crippen MR) is 83.1 cm³/mol. The summed E-state index contributed by atoms with van der Waals surface area (Å²) in [6, 6.07) is 0.337. The molecule has 0 amide bonds. The quantitative estimate of drug-likeness (QED) is 0.806. The second-order valence-corrected chi connectivity index (χ2v) is 7.34. The maximum absolute atomic E-state index is 5.54. The van der Waals surface area contributed by atoms with E-state index < -0.39 is 0 Å². The molecular formula is C15H28N2OS. The molecule has 0 spiro atoms. The molecule has 0 aliphatic carbocycles. The van der Waals surface area contributed by atoms with Crippen LogP contribution in [0.1, 0.15) is 63.2 Å². The fourth-order valence-corrected chi connectivity index (χ4v) is 2.94. The normalized spacial score (nSPS) is 14.1. The van der Waals surface area contributed by atoms with Gasteiger partial charge in [0.15, 0.2) is 0 Å². The van der Waals surface area contributed by atoms with Crippen molar-refractivity contribution in [2.24, 2.45) is 0 Å². The summed E-state index contributed by atoms with van der Waals surface area (Å²) in [7, 11) is 0. The average Bonchev–Trinajstić information content (AvgIpc) is 2.66. The summed E-state index contributed by atoms with van der Waals surface area (Å²) in [5.74, 6) is 0. The van der Waals surface area contributed by atoms with E-state index in [1.54, 1.807) is 0 Å². The highest BCUT2D eigenvalue weighted by atomic mass is 32.1. The molecule has 1 aromatic rings. The first-order chi connectivity index (χ1) is 8.71. The van der Waals surface area contributed by atoms with E-state index in [4.69, 9.17) is 9.72 Å². The van der Waals surface area contributed by atoms with Gasteiger partial charge in [-0.2, -0.15) is 0 Å². The van der Waals surface area contributed by atoms with Crippen molar-refractivity contribution in [1.29, 1.82) is 0 Å². The number of thiazole rings is 1. The Hall–Kier alpha value is -0.450. The van der Waals surface area contributed by atoms with Gasteiger partial charge in [0.2, 0.25) is 0 Å². The van der Waals surface area contributed by atoms with Gasteiger partial charge in [-0.15, -0.1) is 11.3 Å². The number of hydrogen-bond acceptors (Lipinski definition) is 4. The molecule has 1 aromatic heterocycles. The van der Waals surface area contributed by atoms with Gasteiger partial charge in [0.25, 0.3) is 0 Å². The van der Waals surface area contributed by atoms with Crippen LogP contribution in [-0.2, 0) is 10.2 Å². The molecule has 0 aromatic carbocycles. The third-order valence-corrected chi connectivity index (χ3v) is 4.64. The molecule has 19 heavy (non-hydrogen) atoms. The molecule has 3 nitrogen and oxygen atoms in total. The Morgan fingerprint density at radius 1 is 1.26 bits per heavy atom. The topological polar surface area (TPSA) is 34.2 Å². The van der Waals surface area contributed by atoms with Crippen molar-refractivity contribution in [2.75, 3.05) is 13.2 Å². The molecule has 1 rings (SSSR count). The van der Waals surface area contributed by atoms with E-state index in [0.717, 1.165) is 18.8 Å². The van der Waals surface area contributed by atoms with Gasteiger partial charge in [-0.3, -0.25) is 0 Å². The van der Waals surface area contributed by atoms with Crippen molar-refractivity contribution in [1.82, 2.24) is 10.3 Å². The molecule has 1 N–H and O–H groups in total. The minimum Gasteiger partial charge on any atom is -0.377 e. The summed E-state index contributed by atoms with van der Waals surface area (Å²) in [5, 5.41) is 4.72. The minimum atomic E-state index is 0.133. The molecule has 4 heteroatoms. The lowest BCUT2D eigenvalue weighted by Gasteiger charge is -2.15. The SMILES string of the molecule is Cc1nc(C(C)(C)C)sc1C(C)NCCOC(C)C. The Morgan fingerprint density at radius 3 is 2.37 bits per heavy atom. The van der Waals surface area contributed by atoms with Crippen LogP contribution < -0.4 is 5.32 Å². The second-order valence-electron chi connectivity index (χ2n) is 6.31. The highest BCUT2D eigenvalue weighted by molar-refractivity contribution is 7.12. The summed E-state index contributed by atoms with van der Waals surface area (Å²) in [4.78, 5) is 6.05. The zero-order valence-electron chi connectivity index (χ0n) is 13.3. The predicted octanol–water partition coefficient (Wildman–Crippen LogP) is 3.82. The molecule has 110 valence electrons. The van der Waals surface area contributed by atoms with Gasteiger partial charge < -0.3 is 10.1 Å². The molecule has 0 saturated heterocycles. The molecule has 1 unspecified atom stereocenters. The number of aryl methyl sites for hydroxylation is 1. The highest BCUT2D eigenvalue weighted by Crippen LogP contribution is 2.32. The second kappa shape index (κ2) is 6.82. The monoisotopic (exact) mass is 284 g/mol. The van der Waals surface area contributed by atoms with E-state index in [0.29, 0.717) is 12.1 Å². The van der Waals surface area contributed by atoms with Crippen LogP contribution in [0.4, 0.5) is 0 Å². The van der Waals surface area contributed by atoms with E-state index in [-0.39, 0.29) is 5.41 Å². The third kappa shape index (κ3) is 5.21. The lowest BCUT2D eigenvalue weighted by Crippen LogP contribution is -2.24. The zero-order chi connectivity index (χ0) is 14.6. The van der Waals surface area contributed by atoms with Gasteiger partial charge in [-0.05, 0) is 27.7 Å². The summed E-state index contributed by atoms with van der Waals surface area (Å²) in [5.41, 5.74) is 1.29. The zero-order valence-corrected chi connectivity index (χ0v) is 14.1. The number of ether oxygens (including phenoxy) is 1. The van der Waals surface area contributed by atoms with Gasteiger partial charge in [-0.25, -0.2) is 4.98 Å². The number of nitrogens with one attached hydrogen (secondary N) is 1. The van der Waals surface area contributed by atoms with E-state index in [9.17, 15) is 0 Å². The van der Waals surface area contributed by atoms with Gasteiger partial charge in [0, 0.05) is 22.9 Å². The Labute approximate surface area is 121 Å². The van der Waals surface area contributed by atoms with Gasteiger partial charge in [-0.1, -0.05) is 20.8 Å². The number of aromatic nitrogens is 1. The fraction of sp³-hybridized carbons (Fsp3) is 0.800. The molecule has 0 bridgehead atoms. The van der Waals surface area contributed by atoms with Crippen LogP contribution in [0.15, 0.2) is 0 Å². The van der Waals surface area contributed by atoms with Crippen LogP contribution in [0.2, 0.25) is 0 Å². The Balaban J connectivity index is 2.57. The van der Waals surface area contributed by atoms with Gasteiger partial charge in [0.1, 0.15) is 0 Å². The molecular weight excluding hydrogens is 256 g/mol. The first kappa shape index (κ1) is 16.6. The molecule has 0 fully saturated rings. The first-order valence-electron chi connectivity index (χ1n) is 7.04. The molecule has 1 heterocycles.